The van der Waals surface area contributed by atoms with Gasteiger partial charge in [0, 0.05) is 51.0 Å². The van der Waals surface area contributed by atoms with Crippen molar-refractivity contribution in [3.05, 3.63) is 34.6 Å². The van der Waals surface area contributed by atoms with Gasteiger partial charge in [0.05, 0.1) is 12.7 Å². The number of hydrogen-bond donors (Lipinski definition) is 1. The number of rotatable bonds is 2. The molecule has 1 aromatic rings. The quantitative estimate of drug-likeness (QED) is 0.840. The highest BCUT2D eigenvalue weighted by molar-refractivity contribution is 5.80. The summed E-state index contributed by atoms with van der Waals surface area (Å²) in [6.45, 7) is 6.61. The van der Waals surface area contributed by atoms with Gasteiger partial charge in [0.1, 0.15) is 5.82 Å². The number of aliphatic imine (C=N–C) groups is 1. The molecule has 2 atom stereocenters. The van der Waals surface area contributed by atoms with Gasteiger partial charge in [-0.1, -0.05) is 0 Å². The topological polar surface area (TPSA) is 36.9 Å². The van der Waals surface area contributed by atoms with E-state index in [-0.39, 0.29) is 11.9 Å². The summed E-state index contributed by atoms with van der Waals surface area (Å²) >= 11 is 0. The SMILES string of the molecule is CN=Cc1cc([C@@H]2CN3CCNC[C@H]3CO2)c(C)cc1F. The van der Waals surface area contributed by atoms with E-state index in [4.69, 9.17) is 4.74 Å². The summed E-state index contributed by atoms with van der Waals surface area (Å²) in [5.41, 5.74) is 2.55. The van der Waals surface area contributed by atoms with Gasteiger partial charge in [-0.3, -0.25) is 9.89 Å². The van der Waals surface area contributed by atoms with Crippen molar-refractivity contribution in [1.29, 1.82) is 0 Å². The Kier molecular flexibility index (Phi) is 4.33. The number of nitrogens with zero attached hydrogens (tertiary/aromatic N) is 2. The van der Waals surface area contributed by atoms with Crippen molar-refractivity contribution in [2.45, 2.75) is 19.1 Å². The van der Waals surface area contributed by atoms with E-state index in [9.17, 15) is 4.39 Å². The maximum atomic E-state index is 13.9. The number of benzene rings is 1. The van der Waals surface area contributed by atoms with E-state index < -0.39 is 0 Å². The summed E-state index contributed by atoms with van der Waals surface area (Å²) in [4.78, 5) is 6.40. The number of aryl methyl sites for hydroxylation is 1. The number of nitrogens with one attached hydrogen (secondary N) is 1. The van der Waals surface area contributed by atoms with Gasteiger partial charge in [0.2, 0.25) is 0 Å². The minimum atomic E-state index is -0.224. The highest BCUT2D eigenvalue weighted by Crippen LogP contribution is 2.29. The smallest absolute Gasteiger partial charge is 0.132 e. The van der Waals surface area contributed by atoms with E-state index in [1.807, 2.05) is 13.0 Å². The van der Waals surface area contributed by atoms with Crippen molar-refractivity contribution >= 4 is 6.21 Å². The summed E-state index contributed by atoms with van der Waals surface area (Å²) in [7, 11) is 1.65. The summed E-state index contributed by atoms with van der Waals surface area (Å²) in [6, 6.07) is 3.93. The van der Waals surface area contributed by atoms with Gasteiger partial charge in [-0.05, 0) is 30.2 Å². The van der Waals surface area contributed by atoms with Crippen LogP contribution in [0.15, 0.2) is 17.1 Å². The van der Waals surface area contributed by atoms with Gasteiger partial charge in [-0.25, -0.2) is 4.39 Å². The van der Waals surface area contributed by atoms with Crippen molar-refractivity contribution in [3.8, 4) is 0 Å². The summed E-state index contributed by atoms with van der Waals surface area (Å²) in [5, 5.41) is 3.39. The van der Waals surface area contributed by atoms with Crippen molar-refractivity contribution in [1.82, 2.24) is 10.2 Å². The van der Waals surface area contributed by atoms with E-state index in [0.29, 0.717) is 11.6 Å². The van der Waals surface area contributed by atoms with Crippen LogP contribution in [-0.4, -0.2) is 57.0 Å². The van der Waals surface area contributed by atoms with Crippen molar-refractivity contribution in [2.24, 2.45) is 4.99 Å². The lowest BCUT2D eigenvalue weighted by atomic mass is 9.97. The number of morpholine rings is 1. The Labute approximate surface area is 125 Å². The van der Waals surface area contributed by atoms with E-state index >= 15 is 0 Å². The van der Waals surface area contributed by atoms with Crippen LogP contribution in [0.2, 0.25) is 0 Å². The van der Waals surface area contributed by atoms with Gasteiger partial charge in [0.15, 0.2) is 0 Å². The minimum Gasteiger partial charge on any atom is -0.370 e. The molecule has 21 heavy (non-hydrogen) atoms. The van der Waals surface area contributed by atoms with Crippen molar-refractivity contribution in [3.63, 3.8) is 0 Å². The van der Waals surface area contributed by atoms with E-state index in [1.165, 1.54) is 0 Å². The first kappa shape index (κ1) is 14.6. The summed E-state index contributed by atoms with van der Waals surface area (Å²) in [6.07, 6.45) is 1.58. The second-order valence-corrected chi connectivity index (χ2v) is 5.79. The van der Waals surface area contributed by atoms with E-state index in [1.54, 1.807) is 19.3 Å². The van der Waals surface area contributed by atoms with Crippen LogP contribution in [0.25, 0.3) is 0 Å². The Morgan fingerprint density at radius 3 is 3.14 bits per heavy atom. The van der Waals surface area contributed by atoms with Gasteiger partial charge in [-0.15, -0.1) is 0 Å². The standard InChI is InChI=1S/C16H22FN3O/c1-11-5-15(17)12(7-18-2)6-14(11)16-9-20-4-3-19-8-13(20)10-21-16/h5-7,13,16,19H,3-4,8-10H2,1-2H3/t13-,16-/m0/s1. The van der Waals surface area contributed by atoms with Crippen LogP contribution in [-0.2, 0) is 4.74 Å². The minimum absolute atomic E-state index is 0.0176. The molecule has 2 aliphatic rings. The first-order valence-electron chi connectivity index (χ1n) is 7.47. The molecule has 0 saturated carbocycles. The molecule has 4 nitrogen and oxygen atoms in total. The maximum absolute atomic E-state index is 13.9. The second-order valence-electron chi connectivity index (χ2n) is 5.79. The van der Waals surface area contributed by atoms with Crippen LogP contribution in [0, 0.1) is 12.7 Å². The Morgan fingerprint density at radius 1 is 1.48 bits per heavy atom. The normalized spacial score (nSPS) is 27.0. The van der Waals surface area contributed by atoms with Crippen molar-refractivity contribution < 1.29 is 9.13 Å². The zero-order valence-corrected chi connectivity index (χ0v) is 12.6. The van der Waals surface area contributed by atoms with Crippen LogP contribution < -0.4 is 5.32 Å². The average Bonchev–Trinajstić information content (AvgIpc) is 2.49. The zero-order valence-electron chi connectivity index (χ0n) is 12.6. The van der Waals surface area contributed by atoms with Gasteiger partial charge in [0.25, 0.3) is 0 Å². The lowest BCUT2D eigenvalue weighted by Crippen LogP contribution is -2.57. The Bertz CT molecular complexity index is 547. The molecule has 0 aromatic heterocycles. The molecule has 0 radical (unpaired) electrons. The van der Waals surface area contributed by atoms with Crippen molar-refractivity contribution in [2.75, 3.05) is 39.8 Å². The molecular weight excluding hydrogens is 269 g/mol. The van der Waals surface area contributed by atoms with E-state index in [2.05, 4.69) is 15.2 Å². The summed E-state index contributed by atoms with van der Waals surface area (Å²) in [5.74, 6) is -0.224. The largest absolute Gasteiger partial charge is 0.370 e. The fraction of sp³-hybridized carbons (Fsp3) is 0.562. The fourth-order valence-corrected chi connectivity index (χ4v) is 3.18. The molecule has 0 bridgehead atoms. The van der Waals surface area contributed by atoms with Crippen LogP contribution in [0.5, 0.6) is 0 Å². The molecule has 0 aliphatic carbocycles. The van der Waals surface area contributed by atoms with Gasteiger partial charge < -0.3 is 10.1 Å². The molecule has 2 fully saturated rings. The molecular formula is C16H22FN3O. The molecule has 2 heterocycles. The first-order valence-corrected chi connectivity index (χ1v) is 7.47. The summed E-state index contributed by atoms with van der Waals surface area (Å²) < 4.78 is 19.9. The lowest BCUT2D eigenvalue weighted by Gasteiger charge is -2.43. The highest BCUT2D eigenvalue weighted by atomic mass is 19.1. The molecule has 0 amide bonds. The molecule has 1 N–H and O–H groups in total. The van der Waals surface area contributed by atoms with Crippen LogP contribution in [0.3, 0.4) is 0 Å². The third-order valence-corrected chi connectivity index (χ3v) is 4.36. The monoisotopic (exact) mass is 291 g/mol. The molecule has 114 valence electrons. The van der Waals surface area contributed by atoms with Crippen LogP contribution in [0.4, 0.5) is 4.39 Å². The second kappa shape index (κ2) is 6.22. The third kappa shape index (κ3) is 3.00. The van der Waals surface area contributed by atoms with Gasteiger partial charge >= 0.3 is 0 Å². The molecule has 0 spiro atoms. The Hall–Kier alpha value is -1.30. The molecule has 2 aliphatic heterocycles. The molecule has 5 heteroatoms. The van der Waals surface area contributed by atoms with Crippen LogP contribution in [0.1, 0.15) is 22.8 Å². The zero-order chi connectivity index (χ0) is 14.8. The third-order valence-electron chi connectivity index (χ3n) is 4.36. The number of hydrogen-bond acceptors (Lipinski definition) is 4. The predicted molar refractivity (Wildman–Crippen MR) is 81.6 cm³/mol. The first-order chi connectivity index (χ1) is 10.2. The van der Waals surface area contributed by atoms with Gasteiger partial charge in [-0.2, -0.15) is 0 Å². The van der Waals surface area contributed by atoms with Crippen LogP contribution >= 0.6 is 0 Å². The number of piperazine rings is 1. The predicted octanol–water partition coefficient (Wildman–Crippen LogP) is 1.53. The van der Waals surface area contributed by atoms with E-state index in [0.717, 1.165) is 43.9 Å². The molecule has 0 unspecified atom stereocenters. The molecule has 2 saturated heterocycles. The lowest BCUT2D eigenvalue weighted by molar-refractivity contribution is -0.0720. The highest BCUT2D eigenvalue weighted by Gasteiger charge is 2.32. The Morgan fingerprint density at radius 2 is 2.33 bits per heavy atom. The maximum Gasteiger partial charge on any atom is 0.132 e. The molecule has 3 rings (SSSR count). The average molecular weight is 291 g/mol. The number of ether oxygens (including phenoxy) is 1. The molecule has 1 aromatic carbocycles. The fourth-order valence-electron chi connectivity index (χ4n) is 3.18. The number of halogens is 1. The number of fused-ring (bicyclic) bond motifs is 1. The Balaban J connectivity index is 1.84.